The van der Waals surface area contributed by atoms with Crippen molar-refractivity contribution in [2.75, 3.05) is 7.11 Å². The summed E-state index contributed by atoms with van der Waals surface area (Å²) in [5.41, 5.74) is 1.24. The zero-order valence-corrected chi connectivity index (χ0v) is 19.1. The Hall–Kier alpha value is -2.27. The Morgan fingerprint density at radius 1 is 0.500 bits per heavy atom. The van der Waals surface area contributed by atoms with Gasteiger partial charge in [0.05, 0.1) is 7.11 Å². The first-order chi connectivity index (χ1) is 14.8. The monoisotopic (exact) mass is 446 g/mol. The van der Waals surface area contributed by atoms with Gasteiger partial charge in [0.15, 0.2) is 0 Å². The maximum atomic E-state index is 5.42. The highest BCUT2D eigenvalue weighted by molar-refractivity contribution is 8.32. The number of benzene rings is 4. The van der Waals surface area contributed by atoms with Crippen LogP contribution in [0.4, 0.5) is 0 Å². The molecule has 0 aliphatic heterocycles. The third-order valence-electron chi connectivity index (χ3n) is 4.43. The highest BCUT2D eigenvalue weighted by Crippen LogP contribution is 2.62. The van der Waals surface area contributed by atoms with Crippen LogP contribution in [-0.2, 0) is 3.41 Å². The molecule has 30 heavy (non-hydrogen) atoms. The van der Waals surface area contributed by atoms with E-state index in [0.717, 1.165) is 5.75 Å². The zero-order chi connectivity index (χ0) is 20.7. The van der Waals surface area contributed by atoms with E-state index in [0.29, 0.717) is 0 Å². The van der Waals surface area contributed by atoms with Crippen LogP contribution >= 0.6 is 35.3 Å². The Morgan fingerprint density at radius 3 is 1.20 bits per heavy atom. The number of rotatable bonds is 8. The molecule has 0 aliphatic carbocycles. The summed E-state index contributed by atoms with van der Waals surface area (Å²) in [6.07, 6.45) is 0. The molecule has 0 aliphatic rings. The van der Waals surface area contributed by atoms with Crippen molar-refractivity contribution in [2.45, 2.75) is 18.1 Å². The minimum absolute atomic E-state index is 0.309. The number of ether oxygens (including phenoxy) is 1. The summed E-state index contributed by atoms with van der Waals surface area (Å²) in [6, 6.07) is 40.3. The molecule has 0 atom stereocenters. The van der Waals surface area contributed by atoms with Gasteiger partial charge >= 0.3 is 0 Å². The van der Waals surface area contributed by atoms with Gasteiger partial charge in [-0.3, -0.25) is 0 Å². The van der Waals surface area contributed by atoms with Crippen LogP contribution in [0.3, 0.4) is 0 Å². The Labute approximate surface area is 191 Å². The van der Waals surface area contributed by atoms with Crippen molar-refractivity contribution < 1.29 is 4.74 Å². The first kappa shape index (κ1) is 21.0. The molecule has 150 valence electrons. The molecule has 0 N–H and O–H groups in total. The zero-order valence-electron chi connectivity index (χ0n) is 16.6. The minimum Gasteiger partial charge on any atom is -0.497 e. The number of methoxy groups -OCH3 is 1. The molecular weight excluding hydrogens is 424 g/mol. The Balaban J connectivity index is 1.83. The van der Waals surface area contributed by atoms with Crippen LogP contribution in [0.1, 0.15) is 5.56 Å². The average molecular weight is 447 g/mol. The van der Waals surface area contributed by atoms with E-state index in [1.807, 2.05) is 47.4 Å². The molecule has 0 amide bonds. The first-order valence-electron chi connectivity index (χ1n) is 9.64. The van der Waals surface area contributed by atoms with Crippen LogP contribution in [0.2, 0.25) is 0 Å². The van der Waals surface area contributed by atoms with Gasteiger partial charge < -0.3 is 4.74 Å². The smallest absolute Gasteiger partial charge is 0.145 e. The standard InChI is InChI=1S/C26H22OS3/c1-27-22-19-17-21(18-20-22)26(28-23-11-5-2-6-12-23,29-24-13-7-3-8-14-24)30-25-15-9-4-10-16-25/h2-20H,1H3. The van der Waals surface area contributed by atoms with Crippen LogP contribution < -0.4 is 4.74 Å². The maximum Gasteiger partial charge on any atom is 0.145 e. The summed E-state index contributed by atoms with van der Waals surface area (Å²) >= 11 is 5.63. The second-order valence-corrected chi connectivity index (χ2v) is 11.2. The van der Waals surface area contributed by atoms with E-state index < -0.39 is 0 Å². The van der Waals surface area contributed by atoms with E-state index in [2.05, 4.69) is 103 Å². The van der Waals surface area contributed by atoms with Gasteiger partial charge in [0, 0.05) is 14.7 Å². The molecule has 4 aromatic rings. The van der Waals surface area contributed by atoms with Gasteiger partial charge in [0.25, 0.3) is 0 Å². The Kier molecular flexibility index (Phi) is 7.11. The number of thioether (sulfide) groups is 3. The van der Waals surface area contributed by atoms with Crippen LogP contribution in [-0.4, -0.2) is 7.11 Å². The summed E-state index contributed by atoms with van der Waals surface area (Å²) in [7, 11) is 1.71. The fraction of sp³-hybridized carbons (Fsp3) is 0.0769. The fourth-order valence-electron chi connectivity index (χ4n) is 2.97. The second kappa shape index (κ2) is 10.2. The Morgan fingerprint density at radius 2 is 0.867 bits per heavy atom. The topological polar surface area (TPSA) is 9.23 Å². The van der Waals surface area contributed by atoms with E-state index in [1.54, 1.807) is 7.11 Å². The van der Waals surface area contributed by atoms with Gasteiger partial charge in [-0.05, 0) is 54.1 Å². The first-order valence-corrected chi connectivity index (χ1v) is 12.1. The molecule has 0 aromatic heterocycles. The number of hydrogen-bond donors (Lipinski definition) is 0. The third-order valence-corrected chi connectivity index (χ3v) is 8.97. The van der Waals surface area contributed by atoms with Crippen LogP contribution in [0.5, 0.6) is 5.75 Å². The van der Waals surface area contributed by atoms with Crippen molar-refractivity contribution in [3.8, 4) is 5.75 Å². The van der Waals surface area contributed by atoms with Crippen LogP contribution in [0.15, 0.2) is 130 Å². The lowest BCUT2D eigenvalue weighted by Crippen LogP contribution is -2.13. The summed E-state index contributed by atoms with van der Waals surface area (Å²) < 4.78 is 5.11. The van der Waals surface area contributed by atoms with Gasteiger partial charge in [-0.25, -0.2) is 0 Å². The summed E-state index contributed by atoms with van der Waals surface area (Å²) in [6.45, 7) is 0. The third kappa shape index (κ3) is 5.25. The molecule has 1 nitrogen and oxygen atoms in total. The largest absolute Gasteiger partial charge is 0.497 e. The molecule has 0 bridgehead atoms. The van der Waals surface area contributed by atoms with Crippen molar-refractivity contribution >= 4 is 35.3 Å². The van der Waals surface area contributed by atoms with E-state index in [-0.39, 0.29) is 3.41 Å². The predicted molar refractivity (Wildman–Crippen MR) is 132 cm³/mol. The highest BCUT2D eigenvalue weighted by Gasteiger charge is 2.36. The quantitative estimate of drug-likeness (QED) is 0.199. The van der Waals surface area contributed by atoms with Gasteiger partial charge in [0.2, 0.25) is 0 Å². The summed E-state index contributed by atoms with van der Waals surface area (Å²) in [4.78, 5) is 3.71. The SMILES string of the molecule is COc1ccc(C(Sc2ccccc2)(Sc2ccccc2)Sc2ccccc2)cc1. The normalized spacial score (nSPS) is 11.2. The number of hydrogen-bond acceptors (Lipinski definition) is 4. The second-order valence-electron chi connectivity index (χ2n) is 6.53. The van der Waals surface area contributed by atoms with E-state index in [1.165, 1.54) is 20.2 Å². The van der Waals surface area contributed by atoms with Crippen molar-refractivity contribution in [1.29, 1.82) is 0 Å². The predicted octanol–water partition coefficient (Wildman–Crippen LogP) is 8.18. The molecule has 4 heteroatoms. The Bertz CT molecular complexity index is 934. The molecular formula is C26H22OS3. The van der Waals surface area contributed by atoms with Crippen LogP contribution in [0.25, 0.3) is 0 Å². The fourth-order valence-corrected chi connectivity index (χ4v) is 7.77. The molecule has 4 aromatic carbocycles. The van der Waals surface area contributed by atoms with E-state index >= 15 is 0 Å². The van der Waals surface area contributed by atoms with Crippen LogP contribution in [0, 0.1) is 0 Å². The van der Waals surface area contributed by atoms with Crippen molar-refractivity contribution in [3.63, 3.8) is 0 Å². The van der Waals surface area contributed by atoms with Crippen molar-refractivity contribution in [2.24, 2.45) is 0 Å². The summed E-state index contributed by atoms with van der Waals surface area (Å²) in [5, 5.41) is 0. The van der Waals surface area contributed by atoms with Crippen molar-refractivity contribution in [3.05, 3.63) is 121 Å². The van der Waals surface area contributed by atoms with Gasteiger partial charge in [-0.2, -0.15) is 0 Å². The minimum atomic E-state index is -0.309. The molecule has 0 saturated carbocycles. The molecule has 0 saturated heterocycles. The summed E-state index contributed by atoms with van der Waals surface area (Å²) in [5.74, 6) is 0.867. The maximum absolute atomic E-state index is 5.42. The van der Waals surface area contributed by atoms with Gasteiger partial charge in [0.1, 0.15) is 9.16 Å². The van der Waals surface area contributed by atoms with Gasteiger partial charge in [-0.1, -0.05) is 102 Å². The van der Waals surface area contributed by atoms with E-state index in [9.17, 15) is 0 Å². The molecule has 0 fully saturated rings. The lowest BCUT2D eigenvalue weighted by Gasteiger charge is -2.33. The van der Waals surface area contributed by atoms with Gasteiger partial charge in [-0.15, -0.1) is 0 Å². The lowest BCUT2D eigenvalue weighted by molar-refractivity contribution is 0.414. The molecule has 0 radical (unpaired) electrons. The molecule has 4 rings (SSSR count). The molecule has 0 unspecified atom stereocenters. The molecule has 0 spiro atoms. The van der Waals surface area contributed by atoms with Crippen molar-refractivity contribution in [1.82, 2.24) is 0 Å². The van der Waals surface area contributed by atoms with E-state index in [4.69, 9.17) is 4.74 Å². The lowest BCUT2D eigenvalue weighted by atomic mass is 10.2. The highest BCUT2D eigenvalue weighted by atomic mass is 32.3. The average Bonchev–Trinajstić information content (AvgIpc) is 2.81. The molecule has 0 heterocycles.